The number of hydrogen-bond acceptors (Lipinski definition) is 3. The van der Waals surface area contributed by atoms with E-state index in [1.807, 2.05) is 12.2 Å². The van der Waals surface area contributed by atoms with Crippen molar-refractivity contribution in [3.63, 3.8) is 0 Å². The molecule has 0 spiro atoms. The Hall–Kier alpha value is -0.510. The first-order valence-electron chi connectivity index (χ1n) is 5.99. The van der Waals surface area contributed by atoms with Crippen LogP contribution in [0.15, 0.2) is 36.5 Å². The van der Waals surface area contributed by atoms with Gasteiger partial charge in [0.15, 0.2) is 0 Å². The van der Waals surface area contributed by atoms with Crippen LogP contribution in [0.2, 0.25) is 0 Å². The molecule has 0 aromatic carbocycles. The number of aliphatic hydroxyl groups is 1. The van der Waals surface area contributed by atoms with E-state index < -0.39 is 0 Å². The molecule has 0 bridgehead atoms. The van der Waals surface area contributed by atoms with Crippen LogP contribution in [0.3, 0.4) is 0 Å². The highest BCUT2D eigenvalue weighted by molar-refractivity contribution is 7.99. The second-order valence-corrected chi connectivity index (χ2v) is 4.91. The van der Waals surface area contributed by atoms with Gasteiger partial charge < -0.3 is 9.84 Å². The van der Waals surface area contributed by atoms with E-state index in [2.05, 4.69) is 26.5 Å². The highest BCUT2D eigenvalue weighted by atomic mass is 32.2. The van der Waals surface area contributed by atoms with Crippen LogP contribution >= 0.6 is 11.8 Å². The molecule has 1 N–H and O–H groups in total. The number of ether oxygens (including phenoxy) is 1. The maximum Gasteiger partial charge on any atom is 0.0863 e. The number of allylic oxidation sites excluding steroid dienone is 4. The van der Waals surface area contributed by atoms with Crippen LogP contribution in [0.5, 0.6) is 0 Å². The van der Waals surface area contributed by atoms with Crippen LogP contribution in [0.4, 0.5) is 0 Å². The van der Waals surface area contributed by atoms with Crippen molar-refractivity contribution in [2.24, 2.45) is 0 Å². The number of thioether (sulfide) groups is 1. The zero-order valence-electron chi connectivity index (χ0n) is 10.9. The molecule has 17 heavy (non-hydrogen) atoms. The van der Waals surface area contributed by atoms with Gasteiger partial charge >= 0.3 is 0 Å². The SMILES string of the molecule is C=C/C=C\C=C(/C)CSCC(O)COCCC. The van der Waals surface area contributed by atoms with Crippen LogP contribution in [0.1, 0.15) is 20.3 Å². The fourth-order valence-electron chi connectivity index (χ4n) is 1.11. The van der Waals surface area contributed by atoms with Crippen molar-refractivity contribution < 1.29 is 9.84 Å². The fraction of sp³-hybridized carbons (Fsp3) is 0.571. The van der Waals surface area contributed by atoms with Crippen molar-refractivity contribution in [3.05, 3.63) is 36.5 Å². The Morgan fingerprint density at radius 2 is 2.24 bits per heavy atom. The smallest absolute Gasteiger partial charge is 0.0863 e. The van der Waals surface area contributed by atoms with Gasteiger partial charge in [0.25, 0.3) is 0 Å². The average molecular weight is 256 g/mol. The molecule has 0 saturated carbocycles. The fourth-order valence-corrected chi connectivity index (χ4v) is 2.02. The largest absolute Gasteiger partial charge is 0.390 e. The molecule has 0 amide bonds. The Labute approximate surface area is 109 Å². The third kappa shape index (κ3) is 11.7. The van der Waals surface area contributed by atoms with Crippen molar-refractivity contribution in [2.75, 3.05) is 24.7 Å². The topological polar surface area (TPSA) is 29.5 Å². The van der Waals surface area contributed by atoms with Gasteiger partial charge in [0, 0.05) is 18.1 Å². The van der Waals surface area contributed by atoms with Gasteiger partial charge in [-0.1, -0.05) is 43.4 Å². The van der Waals surface area contributed by atoms with E-state index in [1.54, 1.807) is 17.8 Å². The van der Waals surface area contributed by atoms with Crippen molar-refractivity contribution >= 4 is 11.8 Å². The first kappa shape index (κ1) is 16.5. The van der Waals surface area contributed by atoms with E-state index in [0.29, 0.717) is 6.61 Å². The number of hydrogen-bond donors (Lipinski definition) is 1. The molecule has 0 heterocycles. The quantitative estimate of drug-likeness (QED) is 0.481. The highest BCUT2D eigenvalue weighted by Crippen LogP contribution is 2.09. The maximum atomic E-state index is 9.61. The Kier molecular flexibility index (Phi) is 11.6. The lowest BCUT2D eigenvalue weighted by Crippen LogP contribution is -2.18. The summed E-state index contributed by atoms with van der Waals surface area (Å²) in [6.07, 6.45) is 8.34. The molecule has 0 aliphatic carbocycles. The van der Waals surface area contributed by atoms with Crippen LogP contribution in [0, 0.1) is 0 Å². The summed E-state index contributed by atoms with van der Waals surface area (Å²) < 4.78 is 5.28. The van der Waals surface area contributed by atoms with E-state index in [4.69, 9.17) is 4.74 Å². The third-order valence-electron chi connectivity index (χ3n) is 1.93. The zero-order valence-corrected chi connectivity index (χ0v) is 11.7. The van der Waals surface area contributed by atoms with Gasteiger partial charge in [-0.05, 0) is 13.3 Å². The number of rotatable bonds is 10. The zero-order chi connectivity index (χ0) is 12.9. The van der Waals surface area contributed by atoms with Gasteiger partial charge in [-0.2, -0.15) is 11.8 Å². The second kappa shape index (κ2) is 12.0. The highest BCUT2D eigenvalue weighted by Gasteiger charge is 2.03. The predicted molar refractivity (Wildman–Crippen MR) is 77.5 cm³/mol. The molecule has 3 heteroatoms. The summed E-state index contributed by atoms with van der Waals surface area (Å²) in [7, 11) is 0. The molecular weight excluding hydrogens is 232 g/mol. The van der Waals surface area contributed by atoms with E-state index in [-0.39, 0.29) is 6.10 Å². The Morgan fingerprint density at radius 3 is 2.88 bits per heavy atom. The molecule has 0 saturated heterocycles. The standard InChI is InChI=1S/C14H24O2S/c1-4-6-7-8-13(3)11-17-12-14(15)10-16-9-5-2/h4,6-8,14-15H,1,5,9-12H2,2-3H3/b7-6-,13-8+. The van der Waals surface area contributed by atoms with Crippen molar-refractivity contribution in [1.29, 1.82) is 0 Å². The summed E-state index contributed by atoms with van der Waals surface area (Å²) in [5.74, 6) is 1.66. The molecule has 0 fully saturated rings. The molecule has 1 unspecified atom stereocenters. The van der Waals surface area contributed by atoms with Gasteiger partial charge in [0.1, 0.15) is 0 Å². The average Bonchev–Trinajstić information content (AvgIpc) is 2.30. The van der Waals surface area contributed by atoms with Crippen LogP contribution < -0.4 is 0 Å². The van der Waals surface area contributed by atoms with Crippen LogP contribution in [0.25, 0.3) is 0 Å². The lowest BCUT2D eigenvalue weighted by atomic mass is 10.3. The summed E-state index contributed by atoms with van der Waals surface area (Å²) in [5.41, 5.74) is 1.29. The third-order valence-corrected chi connectivity index (χ3v) is 3.21. The second-order valence-electron chi connectivity index (χ2n) is 3.88. The van der Waals surface area contributed by atoms with E-state index in [9.17, 15) is 5.11 Å². The minimum atomic E-state index is -0.358. The number of aliphatic hydroxyl groups excluding tert-OH is 1. The molecule has 0 rings (SSSR count). The summed E-state index contributed by atoms with van der Waals surface area (Å²) in [4.78, 5) is 0. The molecule has 0 aromatic heterocycles. The molecular formula is C14H24O2S. The summed E-state index contributed by atoms with van der Waals surface area (Å²) in [6.45, 7) is 8.93. The normalized spacial score (nSPS) is 14.2. The van der Waals surface area contributed by atoms with Gasteiger partial charge in [-0.15, -0.1) is 0 Å². The Morgan fingerprint density at radius 1 is 1.47 bits per heavy atom. The minimum Gasteiger partial charge on any atom is -0.390 e. The van der Waals surface area contributed by atoms with Gasteiger partial charge in [-0.3, -0.25) is 0 Å². The van der Waals surface area contributed by atoms with E-state index >= 15 is 0 Å². The van der Waals surface area contributed by atoms with Gasteiger partial charge in [-0.25, -0.2) is 0 Å². The van der Waals surface area contributed by atoms with Gasteiger partial charge in [0.2, 0.25) is 0 Å². The predicted octanol–water partition coefficient (Wildman–Crippen LogP) is 3.20. The van der Waals surface area contributed by atoms with Crippen molar-refractivity contribution in [2.45, 2.75) is 26.4 Å². The Bertz CT molecular complexity index is 247. The molecule has 0 aliphatic heterocycles. The molecule has 98 valence electrons. The Balaban J connectivity index is 3.57. The molecule has 0 radical (unpaired) electrons. The monoisotopic (exact) mass is 256 g/mol. The lowest BCUT2D eigenvalue weighted by molar-refractivity contribution is 0.0489. The first-order valence-corrected chi connectivity index (χ1v) is 7.14. The summed E-state index contributed by atoms with van der Waals surface area (Å²) in [6, 6.07) is 0. The van der Waals surface area contributed by atoms with Crippen LogP contribution in [-0.4, -0.2) is 35.9 Å². The molecule has 0 aliphatic rings. The molecule has 2 nitrogen and oxygen atoms in total. The van der Waals surface area contributed by atoms with Gasteiger partial charge in [0.05, 0.1) is 12.7 Å². The molecule has 1 atom stereocenters. The van der Waals surface area contributed by atoms with E-state index in [1.165, 1.54) is 5.57 Å². The lowest BCUT2D eigenvalue weighted by Gasteiger charge is -2.10. The summed E-state index contributed by atoms with van der Waals surface area (Å²) in [5, 5.41) is 9.61. The first-order chi connectivity index (χ1) is 8.20. The van der Waals surface area contributed by atoms with Crippen LogP contribution in [-0.2, 0) is 4.74 Å². The van der Waals surface area contributed by atoms with Crippen molar-refractivity contribution in [3.8, 4) is 0 Å². The molecule has 0 aromatic rings. The minimum absolute atomic E-state index is 0.358. The van der Waals surface area contributed by atoms with Crippen molar-refractivity contribution in [1.82, 2.24) is 0 Å². The maximum absolute atomic E-state index is 9.61. The summed E-state index contributed by atoms with van der Waals surface area (Å²) >= 11 is 1.73. The van der Waals surface area contributed by atoms with E-state index in [0.717, 1.165) is 24.5 Å².